The summed E-state index contributed by atoms with van der Waals surface area (Å²) in [6, 6.07) is 18.9. The smallest absolute Gasteiger partial charge is 0.253 e. The Labute approximate surface area is 231 Å². The Bertz CT molecular complexity index is 1350. The highest BCUT2D eigenvalue weighted by Crippen LogP contribution is 2.34. The van der Waals surface area contributed by atoms with Crippen LogP contribution in [-0.4, -0.2) is 76.3 Å². The summed E-state index contributed by atoms with van der Waals surface area (Å²) >= 11 is 5.60. The van der Waals surface area contributed by atoms with Gasteiger partial charge in [-0.05, 0) is 43.2 Å². The Morgan fingerprint density at radius 1 is 1.00 bits per heavy atom. The quantitative estimate of drug-likeness (QED) is 0.355. The molecular formula is C32H36N4OS. The van der Waals surface area contributed by atoms with Gasteiger partial charge < -0.3 is 4.90 Å². The molecule has 0 radical (unpaired) electrons. The first-order valence-corrected chi connectivity index (χ1v) is 14.1. The van der Waals surface area contributed by atoms with Crippen molar-refractivity contribution in [2.75, 3.05) is 45.8 Å². The predicted molar refractivity (Wildman–Crippen MR) is 160 cm³/mol. The van der Waals surface area contributed by atoms with E-state index in [2.05, 4.69) is 64.4 Å². The molecule has 2 aromatic carbocycles. The van der Waals surface area contributed by atoms with Crippen LogP contribution >= 0.6 is 12.2 Å². The number of rotatable bonds is 8. The molecule has 1 saturated heterocycles. The van der Waals surface area contributed by atoms with Crippen LogP contribution in [0.3, 0.4) is 0 Å². The highest BCUT2D eigenvalue weighted by atomic mass is 32.1. The molecule has 6 heteroatoms. The monoisotopic (exact) mass is 524 g/mol. The Balaban J connectivity index is 1.43. The lowest BCUT2D eigenvalue weighted by atomic mass is 9.93. The van der Waals surface area contributed by atoms with Crippen LogP contribution in [0.4, 0.5) is 0 Å². The van der Waals surface area contributed by atoms with Crippen molar-refractivity contribution >= 4 is 33.9 Å². The van der Waals surface area contributed by atoms with Gasteiger partial charge in [0.05, 0.1) is 11.6 Å². The van der Waals surface area contributed by atoms with Crippen molar-refractivity contribution in [1.29, 1.82) is 0 Å². The van der Waals surface area contributed by atoms with Gasteiger partial charge in [0.2, 0.25) is 0 Å². The van der Waals surface area contributed by atoms with E-state index in [0.29, 0.717) is 13.1 Å². The summed E-state index contributed by atoms with van der Waals surface area (Å²) in [4.78, 5) is 25.7. The molecule has 0 spiro atoms. The van der Waals surface area contributed by atoms with E-state index in [1.807, 2.05) is 43.1 Å². The Morgan fingerprint density at radius 3 is 2.45 bits per heavy atom. The minimum absolute atomic E-state index is 0.0614. The van der Waals surface area contributed by atoms with Gasteiger partial charge in [0.25, 0.3) is 5.91 Å². The van der Waals surface area contributed by atoms with Gasteiger partial charge in [-0.3, -0.25) is 19.6 Å². The minimum atomic E-state index is 0.0614. The average Bonchev–Trinajstić information content (AvgIpc) is 2.96. The summed E-state index contributed by atoms with van der Waals surface area (Å²) in [6.07, 6.45) is 9.18. The lowest BCUT2D eigenvalue weighted by molar-refractivity contribution is 0.0773. The summed E-state index contributed by atoms with van der Waals surface area (Å²) in [5, 5.41) is 1.15. The Hall–Kier alpha value is -3.19. The largest absolute Gasteiger partial charge is 0.339 e. The number of pyridine rings is 1. The first-order valence-electron chi connectivity index (χ1n) is 13.7. The number of para-hydroxylation sites is 1. The standard InChI is InChI=1S/C32H36N4OS/c1-3-35(4-2)32(37)26-16-14-25(15-17-26)31(28-12-7-10-24-11-8-18-33-30(24)28)36-21-19-34(20-22-36)23-27-9-5-6-13-29(27)38/h5-12,14-18,31H,3-4,13,19-23H2,1-2H3. The van der Waals surface area contributed by atoms with E-state index in [9.17, 15) is 4.79 Å². The molecule has 1 amide bonds. The van der Waals surface area contributed by atoms with Crippen molar-refractivity contribution in [1.82, 2.24) is 19.7 Å². The predicted octanol–water partition coefficient (Wildman–Crippen LogP) is 5.68. The van der Waals surface area contributed by atoms with Crippen LogP contribution in [0, 0.1) is 0 Å². The molecule has 2 aliphatic rings. The van der Waals surface area contributed by atoms with Crippen molar-refractivity contribution in [2.45, 2.75) is 26.3 Å². The number of amides is 1. The van der Waals surface area contributed by atoms with E-state index >= 15 is 0 Å². The third-order valence-corrected chi connectivity index (χ3v) is 8.17. The van der Waals surface area contributed by atoms with E-state index in [-0.39, 0.29) is 11.9 Å². The molecule has 1 atom stereocenters. The average molecular weight is 525 g/mol. The summed E-state index contributed by atoms with van der Waals surface area (Å²) in [5.74, 6) is 0.0864. The van der Waals surface area contributed by atoms with Gasteiger partial charge in [0.15, 0.2) is 0 Å². The molecule has 1 unspecified atom stereocenters. The van der Waals surface area contributed by atoms with Gasteiger partial charge in [-0.2, -0.15) is 0 Å². The third kappa shape index (κ3) is 5.63. The molecule has 5 nitrogen and oxygen atoms in total. The summed E-state index contributed by atoms with van der Waals surface area (Å²) in [5.41, 5.74) is 5.45. The molecule has 3 aromatic rings. The first-order chi connectivity index (χ1) is 18.6. The number of carbonyl (C=O) groups excluding carboxylic acids is 1. The summed E-state index contributed by atoms with van der Waals surface area (Å²) in [6.45, 7) is 10.2. The van der Waals surface area contributed by atoms with Gasteiger partial charge in [0, 0.05) is 79.8 Å². The van der Waals surface area contributed by atoms with Crippen LogP contribution in [0.1, 0.15) is 47.8 Å². The second kappa shape index (κ2) is 12.1. The summed E-state index contributed by atoms with van der Waals surface area (Å²) in [7, 11) is 0. The number of nitrogens with zero attached hydrogens (tertiary/aromatic N) is 4. The molecular weight excluding hydrogens is 488 g/mol. The number of piperazine rings is 1. The number of hydrogen-bond donors (Lipinski definition) is 0. The van der Waals surface area contributed by atoms with Crippen LogP contribution in [0.2, 0.25) is 0 Å². The van der Waals surface area contributed by atoms with E-state index in [1.54, 1.807) is 0 Å². The molecule has 1 aliphatic carbocycles. The van der Waals surface area contributed by atoms with Crippen molar-refractivity contribution < 1.29 is 4.79 Å². The third-order valence-electron chi connectivity index (χ3n) is 7.74. The molecule has 38 heavy (non-hydrogen) atoms. The van der Waals surface area contributed by atoms with Crippen molar-refractivity contribution in [3.05, 3.63) is 101 Å². The van der Waals surface area contributed by atoms with Gasteiger partial charge in [-0.25, -0.2) is 0 Å². The second-order valence-corrected chi connectivity index (χ2v) is 10.5. The molecule has 1 aromatic heterocycles. The number of carbonyl (C=O) groups is 1. The number of fused-ring (bicyclic) bond motifs is 1. The minimum Gasteiger partial charge on any atom is -0.339 e. The molecule has 1 aliphatic heterocycles. The van der Waals surface area contributed by atoms with Crippen LogP contribution in [-0.2, 0) is 0 Å². The zero-order valence-electron chi connectivity index (χ0n) is 22.3. The zero-order chi connectivity index (χ0) is 26.5. The van der Waals surface area contributed by atoms with E-state index in [0.717, 1.165) is 60.5 Å². The van der Waals surface area contributed by atoms with Crippen LogP contribution in [0.25, 0.3) is 10.9 Å². The lowest BCUT2D eigenvalue weighted by Gasteiger charge is -2.40. The fraction of sp³-hybridized carbons (Fsp3) is 0.344. The molecule has 0 bridgehead atoms. The maximum absolute atomic E-state index is 12.9. The Morgan fingerprint density at radius 2 is 1.74 bits per heavy atom. The van der Waals surface area contributed by atoms with Gasteiger partial charge in [-0.15, -0.1) is 0 Å². The fourth-order valence-corrected chi connectivity index (χ4v) is 5.81. The number of allylic oxidation sites excluding steroid dienone is 3. The van der Waals surface area contributed by atoms with Crippen LogP contribution < -0.4 is 0 Å². The molecule has 196 valence electrons. The number of benzene rings is 2. The van der Waals surface area contributed by atoms with E-state index in [1.165, 1.54) is 16.7 Å². The Kier molecular flexibility index (Phi) is 8.42. The van der Waals surface area contributed by atoms with Gasteiger partial charge in [-0.1, -0.05) is 66.8 Å². The fourth-order valence-electron chi connectivity index (χ4n) is 5.58. The number of thiocarbonyl (C=S) groups is 1. The summed E-state index contributed by atoms with van der Waals surface area (Å²) < 4.78 is 0. The molecule has 1 fully saturated rings. The SMILES string of the molecule is CCN(CC)C(=O)c1ccc(C(c2cccc3cccnc23)N2CCN(CC3=CC=CCC3=S)CC2)cc1. The first kappa shape index (κ1) is 26.4. The molecule has 0 saturated carbocycles. The molecule has 2 heterocycles. The molecule has 5 rings (SSSR count). The normalized spacial score (nSPS) is 17.4. The second-order valence-electron chi connectivity index (χ2n) is 9.98. The van der Waals surface area contributed by atoms with Crippen LogP contribution in [0.15, 0.2) is 84.6 Å². The van der Waals surface area contributed by atoms with E-state index in [4.69, 9.17) is 17.2 Å². The van der Waals surface area contributed by atoms with Crippen molar-refractivity contribution in [3.8, 4) is 0 Å². The van der Waals surface area contributed by atoms with E-state index < -0.39 is 0 Å². The van der Waals surface area contributed by atoms with Crippen LogP contribution in [0.5, 0.6) is 0 Å². The maximum atomic E-state index is 12.9. The highest BCUT2D eigenvalue weighted by Gasteiger charge is 2.29. The molecule has 0 N–H and O–H groups in total. The van der Waals surface area contributed by atoms with Gasteiger partial charge >= 0.3 is 0 Å². The van der Waals surface area contributed by atoms with Gasteiger partial charge in [0.1, 0.15) is 0 Å². The number of hydrogen-bond acceptors (Lipinski definition) is 5. The van der Waals surface area contributed by atoms with Crippen molar-refractivity contribution in [3.63, 3.8) is 0 Å². The lowest BCUT2D eigenvalue weighted by Crippen LogP contribution is -2.48. The van der Waals surface area contributed by atoms with Crippen molar-refractivity contribution in [2.24, 2.45) is 0 Å². The topological polar surface area (TPSA) is 39.7 Å². The maximum Gasteiger partial charge on any atom is 0.253 e. The number of aromatic nitrogens is 1. The zero-order valence-corrected chi connectivity index (χ0v) is 23.2. The highest BCUT2D eigenvalue weighted by molar-refractivity contribution is 7.80.